The molecule has 2 fully saturated rings. The summed E-state index contributed by atoms with van der Waals surface area (Å²) in [7, 11) is 3.54. The summed E-state index contributed by atoms with van der Waals surface area (Å²) in [6.45, 7) is 1.59. The first kappa shape index (κ1) is 19.4. The van der Waals surface area contributed by atoms with Crippen molar-refractivity contribution in [2.45, 2.75) is 19.3 Å². The Balaban J connectivity index is 1.44. The van der Waals surface area contributed by atoms with E-state index < -0.39 is 0 Å². The third-order valence-corrected chi connectivity index (χ3v) is 6.13. The van der Waals surface area contributed by atoms with Crippen LogP contribution in [0.5, 0.6) is 0 Å². The van der Waals surface area contributed by atoms with Crippen LogP contribution in [0.4, 0.5) is 5.69 Å². The maximum absolute atomic E-state index is 13.0. The zero-order chi connectivity index (χ0) is 20.5. The van der Waals surface area contributed by atoms with Gasteiger partial charge in [-0.15, -0.1) is 0 Å². The molecule has 2 aliphatic rings. The van der Waals surface area contributed by atoms with Gasteiger partial charge in [-0.05, 0) is 24.3 Å². The second-order valence-electron chi connectivity index (χ2n) is 8.24. The van der Waals surface area contributed by atoms with E-state index in [4.69, 9.17) is 0 Å². The third kappa shape index (κ3) is 3.71. The van der Waals surface area contributed by atoms with Crippen molar-refractivity contribution in [3.63, 3.8) is 0 Å². The van der Waals surface area contributed by atoms with Gasteiger partial charge in [-0.1, -0.05) is 36.4 Å². The zero-order valence-corrected chi connectivity index (χ0v) is 17.0. The first-order chi connectivity index (χ1) is 14.0. The van der Waals surface area contributed by atoms with Gasteiger partial charge in [-0.2, -0.15) is 0 Å². The lowest BCUT2D eigenvalue weighted by atomic mass is 9.94. The van der Waals surface area contributed by atoms with Crippen molar-refractivity contribution in [3.8, 4) is 0 Å². The molecule has 152 valence electrons. The van der Waals surface area contributed by atoms with Crippen molar-refractivity contribution in [2.24, 2.45) is 11.8 Å². The van der Waals surface area contributed by atoms with Gasteiger partial charge in [0.2, 0.25) is 17.7 Å². The Morgan fingerprint density at radius 3 is 2.38 bits per heavy atom. The SMILES string of the molecule is CN(C)C(=O)C1CCN(C(=O)C2CC(=O)N(c3cccc4ccccc34)C2)CC1. The molecule has 2 aromatic carbocycles. The molecule has 6 heteroatoms. The number of carbonyl (C=O) groups is 3. The van der Waals surface area contributed by atoms with Crippen molar-refractivity contribution in [3.05, 3.63) is 42.5 Å². The molecule has 1 unspecified atom stereocenters. The first-order valence-electron chi connectivity index (χ1n) is 10.2. The predicted octanol–water partition coefficient (Wildman–Crippen LogP) is 2.52. The highest BCUT2D eigenvalue weighted by Crippen LogP contribution is 2.33. The number of carbonyl (C=O) groups excluding carboxylic acids is 3. The van der Waals surface area contributed by atoms with Gasteiger partial charge in [-0.3, -0.25) is 14.4 Å². The van der Waals surface area contributed by atoms with Crippen molar-refractivity contribution in [2.75, 3.05) is 38.6 Å². The van der Waals surface area contributed by atoms with E-state index in [9.17, 15) is 14.4 Å². The summed E-state index contributed by atoms with van der Waals surface area (Å²) >= 11 is 0. The normalized spacial score (nSPS) is 20.3. The summed E-state index contributed by atoms with van der Waals surface area (Å²) in [5.41, 5.74) is 0.874. The first-order valence-corrected chi connectivity index (χ1v) is 10.2. The van der Waals surface area contributed by atoms with E-state index in [1.165, 1.54) is 0 Å². The fourth-order valence-corrected chi connectivity index (χ4v) is 4.52. The van der Waals surface area contributed by atoms with Crippen LogP contribution in [0.1, 0.15) is 19.3 Å². The molecule has 0 saturated carbocycles. The van der Waals surface area contributed by atoms with Gasteiger partial charge >= 0.3 is 0 Å². The number of nitrogens with zero attached hydrogens (tertiary/aromatic N) is 3. The minimum atomic E-state index is -0.317. The monoisotopic (exact) mass is 393 g/mol. The van der Waals surface area contributed by atoms with Crippen LogP contribution in [-0.4, -0.2) is 61.3 Å². The molecule has 0 spiro atoms. The second-order valence-corrected chi connectivity index (χ2v) is 8.24. The van der Waals surface area contributed by atoms with Crippen LogP contribution in [-0.2, 0) is 14.4 Å². The smallest absolute Gasteiger partial charge is 0.228 e. The highest BCUT2D eigenvalue weighted by Gasteiger charge is 2.39. The number of rotatable bonds is 3. The highest BCUT2D eigenvalue weighted by molar-refractivity contribution is 6.07. The molecule has 2 aromatic rings. The Morgan fingerprint density at radius 1 is 0.966 bits per heavy atom. The number of hydrogen-bond donors (Lipinski definition) is 0. The zero-order valence-electron chi connectivity index (χ0n) is 17.0. The molecule has 0 aliphatic carbocycles. The quantitative estimate of drug-likeness (QED) is 0.805. The number of hydrogen-bond acceptors (Lipinski definition) is 3. The number of fused-ring (bicyclic) bond motifs is 1. The molecule has 4 rings (SSSR count). The highest BCUT2D eigenvalue weighted by atomic mass is 16.2. The van der Waals surface area contributed by atoms with Crippen LogP contribution in [0.3, 0.4) is 0 Å². The molecular weight excluding hydrogens is 366 g/mol. The number of likely N-dealkylation sites (tertiary alicyclic amines) is 1. The van der Waals surface area contributed by atoms with Crippen LogP contribution >= 0.6 is 0 Å². The van der Waals surface area contributed by atoms with E-state index in [0.29, 0.717) is 32.5 Å². The molecule has 0 aromatic heterocycles. The molecule has 29 heavy (non-hydrogen) atoms. The average molecular weight is 393 g/mol. The van der Waals surface area contributed by atoms with Crippen LogP contribution < -0.4 is 4.90 Å². The number of piperidine rings is 1. The lowest BCUT2D eigenvalue weighted by Crippen LogP contribution is -2.45. The third-order valence-electron chi connectivity index (χ3n) is 6.13. The Labute approximate surface area is 171 Å². The summed E-state index contributed by atoms with van der Waals surface area (Å²) in [4.78, 5) is 43.2. The Hall–Kier alpha value is -2.89. The molecule has 0 bridgehead atoms. The van der Waals surface area contributed by atoms with Gasteiger partial charge in [0.05, 0.1) is 11.6 Å². The summed E-state index contributed by atoms with van der Waals surface area (Å²) in [6, 6.07) is 13.9. The fraction of sp³-hybridized carbons (Fsp3) is 0.435. The molecule has 1 atom stereocenters. The fourth-order valence-electron chi connectivity index (χ4n) is 4.52. The van der Waals surface area contributed by atoms with Gasteiger partial charge in [-0.25, -0.2) is 0 Å². The van der Waals surface area contributed by atoms with Crippen molar-refractivity contribution in [1.82, 2.24) is 9.80 Å². The maximum atomic E-state index is 13.0. The van der Waals surface area contributed by atoms with Gasteiger partial charge in [0, 0.05) is 51.5 Å². The predicted molar refractivity (Wildman–Crippen MR) is 112 cm³/mol. The van der Waals surface area contributed by atoms with Gasteiger partial charge in [0.25, 0.3) is 0 Å². The van der Waals surface area contributed by atoms with E-state index in [1.807, 2.05) is 47.4 Å². The summed E-state index contributed by atoms with van der Waals surface area (Å²) in [5.74, 6) is -0.154. The maximum Gasteiger partial charge on any atom is 0.228 e. The summed E-state index contributed by atoms with van der Waals surface area (Å²) in [6.07, 6.45) is 1.63. The minimum Gasteiger partial charge on any atom is -0.349 e. The van der Waals surface area contributed by atoms with Crippen LogP contribution in [0.2, 0.25) is 0 Å². The lowest BCUT2D eigenvalue weighted by Gasteiger charge is -2.33. The Kier molecular flexibility index (Phi) is 5.26. The summed E-state index contributed by atoms with van der Waals surface area (Å²) < 4.78 is 0. The molecule has 2 aliphatic heterocycles. The molecule has 3 amide bonds. The van der Waals surface area contributed by atoms with Crippen LogP contribution in [0, 0.1) is 11.8 Å². The molecule has 0 radical (unpaired) electrons. The van der Waals surface area contributed by atoms with E-state index in [1.54, 1.807) is 23.9 Å². The molecule has 0 N–H and O–H groups in total. The Bertz CT molecular complexity index is 942. The molecule has 6 nitrogen and oxygen atoms in total. The van der Waals surface area contributed by atoms with Crippen molar-refractivity contribution >= 4 is 34.2 Å². The van der Waals surface area contributed by atoms with Gasteiger partial charge in [0.1, 0.15) is 0 Å². The molecule has 2 saturated heterocycles. The van der Waals surface area contributed by atoms with E-state index in [0.717, 1.165) is 16.5 Å². The number of anilines is 1. The number of amides is 3. The minimum absolute atomic E-state index is 0.00243. The van der Waals surface area contributed by atoms with Crippen LogP contribution in [0.25, 0.3) is 10.8 Å². The van der Waals surface area contributed by atoms with Crippen LogP contribution in [0.15, 0.2) is 42.5 Å². The van der Waals surface area contributed by atoms with E-state index in [-0.39, 0.29) is 36.0 Å². The van der Waals surface area contributed by atoms with Crippen molar-refractivity contribution < 1.29 is 14.4 Å². The van der Waals surface area contributed by atoms with Crippen molar-refractivity contribution in [1.29, 1.82) is 0 Å². The lowest BCUT2D eigenvalue weighted by molar-refractivity contribution is -0.141. The molecular formula is C23H27N3O3. The van der Waals surface area contributed by atoms with Gasteiger partial charge in [0.15, 0.2) is 0 Å². The molecule has 2 heterocycles. The van der Waals surface area contributed by atoms with E-state index in [2.05, 4.69) is 0 Å². The van der Waals surface area contributed by atoms with E-state index >= 15 is 0 Å². The Morgan fingerprint density at radius 2 is 1.66 bits per heavy atom. The second kappa shape index (κ2) is 7.85. The number of benzene rings is 2. The average Bonchev–Trinajstić information content (AvgIpc) is 3.13. The standard InChI is InChI=1S/C23H27N3O3/c1-24(2)22(28)17-10-12-25(13-11-17)23(29)18-14-21(27)26(15-18)20-9-5-7-16-6-3-4-8-19(16)20/h3-9,17-18H,10-15H2,1-2H3. The topological polar surface area (TPSA) is 60.9 Å². The van der Waals surface area contributed by atoms with Gasteiger partial charge < -0.3 is 14.7 Å². The summed E-state index contributed by atoms with van der Waals surface area (Å²) in [5, 5.41) is 2.11. The largest absolute Gasteiger partial charge is 0.349 e.